The molecule has 1 aliphatic carbocycles. The Morgan fingerprint density at radius 3 is 3.05 bits per heavy atom. The fraction of sp³-hybridized carbons (Fsp3) is 0.688. The first-order valence-electron chi connectivity index (χ1n) is 7.88. The molecule has 0 radical (unpaired) electrons. The van der Waals surface area contributed by atoms with Gasteiger partial charge in [-0.2, -0.15) is 11.8 Å². The van der Waals surface area contributed by atoms with E-state index in [1.807, 2.05) is 23.9 Å². The van der Waals surface area contributed by atoms with E-state index in [9.17, 15) is 0 Å². The van der Waals surface area contributed by atoms with Crippen LogP contribution >= 0.6 is 11.8 Å². The number of hydrogen-bond acceptors (Lipinski definition) is 4. The van der Waals surface area contributed by atoms with Crippen LogP contribution in [0.15, 0.2) is 27.8 Å². The quantitative estimate of drug-likeness (QED) is 0.392. The van der Waals surface area contributed by atoms with Crippen LogP contribution in [0.1, 0.15) is 18.6 Å². The summed E-state index contributed by atoms with van der Waals surface area (Å²) in [6.07, 6.45) is 7.24. The molecule has 0 aromatic carbocycles. The molecule has 0 spiro atoms. The number of hydrogen-bond donors (Lipinski definition) is 2. The molecule has 0 aliphatic heterocycles. The van der Waals surface area contributed by atoms with Crippen molar-refractivity contribution in [2.45, 2.75) is 25.3 Å². The molecule has 6 heteroatoms. The molecule has 1 fully saturated rings. The maximum atomic E-state index is 5.36. The van der Waals surface area contributed by atoms with Crippen LogP contribution in [0.3, 0.4) is 0 Å². The molecule has 1 saturated carbocycles. The molecule has 1 atom stereocenters. The van der Waals surface area contributed by atoms with Gasteiger partial charge in [0.2, 0.25) is 0 Å². The van der Waals surface area contributed by atoms with Gasteiger partial charge < -0.3 is 19.8 Å². The average Bonchev–Trinajstić information content (AvgIpc) is 3.24. The maximum Gasteiger partial charge on any atom is 0.191 e. The predicted molar refractivity (Wildman–Crippen MR) is 92.6 cm³/mol. The molecule has 0 amide bonds. The number of thioether (sulfide) groups is 1. The van der Waals surface area contributed by atoms with Gasteiger partial charge in [-0.15, -0.1) is 0 Å². The molecule has 5 nitrogen and oxygen atoms in total. The summed E-state index contributed by atoms with van der Waals surface area (Å²) in [5.41, 5.74) is 0. The van der Waals surface area contributed by atoms with Crippen molar-refractivity contribution in [3.8, 4) is 0 Å². The van der Waals surface area contributed by atoms with Crippen LogP contribution < -0.4 is 10.6 Å². The summed E-state index contributed by atoms with van der Waals surface area (Å²) in [6, 6.07) is 4.27. The largest absolute Gasteiger partial charge is 0.469 e. The van der Waals surface area contributed by atoms with Gasteiger partial charge in [-0.1, -0.05) is 0 Å². The zero-order chi connectivity index (χ0) is 15.6. The first-order chi connectivity index (χ1) is 10.8. The monoisotopic (exact) mass is 325 g/mol. The number of ether oxygens (including phenoxy) is 1. The van der Waals surface area contributed by atoms with Gasteiger partial charge in [-0.05, 0) is 37.1 Å². The highest BCUT2D eigenvalue weighted by Gasteiger charge is 2.31. The molecule has 22 heavy (non-hydrogen) atoms. The van der Waals surface area contributed by atoms with Gasteiger partial charge in [0.25, 0.3) is 0 Å². The fourth-order valence-corrected chi connectivity index (χ4v) is 2.58. The normalized spacial score (nSPS) is 16.5. The van der Waals surface area contributed by atoms with Gasteiger partial charge in [0.15, 0.2) is 5.96 Å². The predicted octanol–water partition coefficient (Wildman–Crippen LogP) is 2.15. The van der Waals surface area contributed by atoms with E-state index in [0.29, 0.717) is 6.04 Å². The van der Waals surface area contributed by atoms with E-state index >= 15 is 0 Å². The maximum absolute atomic E-state index is 5.36. The summed E-state index contributed by atoms with van der Waals surface area (Å²) in [5, 5.41) is 6.93. The first-order valence-corrected chi connectivity index (χ1v) is 9.28. The van der Waals surface area contributed by atoms with Crippen LogP contribution in [0.2, 0.25) is 0 Å². The highest BCUT2D eigenvalue weighted by Crippen LogP contribution is 2.32. The number of furan rings is 1. The van der Waals surface area contributed by atoms with E-state index in [1.54, 1.807) is 13.4 Å². The van der Waals surface area contributed by atoms with E-state index < -0.39 is 0 Å². The third-order valence-corrected chi connectivity index (χ3v) is 4.26. The van der Waals surface area contributed by atoms with Gasteiger partial charge in [0.1, 0.15) is 5.76 Å². The van der Waals surface area contributed by atoms with Crippen LogP contribution in [-0.2, 0) is 11.2 Å². The van der Waals surface area contributed by atoms with Crippen LogP contribution in [0.25, 0.3) is 0 Å². The zero-order valence-electron chi connectivity index (χ0n) is 13.5. The van der Waals surface area contributed by atoms with Crippen molar-refractivity contribution in [1.82, 2.24) is 10.6 Å². The third-order valence-electron chi connectivity index (χ3n) is 3.67. The second-order valence-corrected chi connectivity index (χ2v) is 6.51. The number of nitrogens with zero attached hydrogens (tertiary/aromatic N) is 1. The standard InChI is InChI=1S/C16H27N3O2S/c1-20-12-15(13-5-6-13)19-16(18-9-11-22-2)17-8-7-14-4-3-10-21-14/h3-4,10,13,15H,5-9,11-12H2,1-2H3,(H2,17,18,19). The Labute approximate surface area is 137 Å². The van der Waals surface area contributed by atoms with Crippen molar-refractivity contribution in [1.29, 1.82) is 0 Å². The molecule has 2 rings (SSSR count). The van der Waals surface area contributed by atoms with Gasteiger partial charge >= 0.3 is 0 Å². The topological polar surface area (TPSA) is 58.8 Å². The summed E-state index contributed by atoms with van der Waals surface area (Å²) in [6.45, 7) is 2.36. The molecule has 1 aromatic heterocycles. The van der Waals surface area contributed by atoms with Gasteiger partial charge in [0, 0.05) is 25.8 Å². The van der Waals surface area contributed by atoms with Gasteiger partial charge in [0.05, 0.1) is 25.5 Å². The minimum absolute atomic E-state index is 0.356. The highest BCUT2D eigenvalue weighted by atomic mass is 32.2. The van der Waals surface area contributed by atoms with Gasteiger partial charge in [-0.3, -0.25) is 4.99 Å². The summed E-state index contributed by atoms with van der Waals surface area (Å²) in [4.78, 5) is 4.65. The van der Waals surface area contributed by atoms with E-state index in [0.717, 1.165) is 49.5 Å². The van der Waals surface area contributed by atoms with Crippen molar-refractivity contribution in [3.63, 3.8) is 0 Å². The lowest BCUT2D eigenvalue weighted by Crippen LogP contribution is -2.47. The zero-order valence-corrected chi connectivity index (χ0v) is 14.3. The minimum atomic E-state index is 0.356. The first kappa shape index (κ1) is 17.2. The molecule has 2 N–H and O–H groups in total. The molecular weight excluding hydrogens is 298 g/mol. The number of rotatable bonds is 10. The van der Waals surface area contributed by atoms with Crippen LogP contribution in [0, 0.1) is 5.92 Å². The Hall–Kier alpha value is -1.14. The fourth-order valence-electron chi connectivity index (χ4n) is 2.31. The highest BCUT2D eigenvalue weighted by molar-refractivity contribution is 7.98. The summed E-state index contributed by atoms with van der Waals surface area (Å²) < 4.78 is 10.7. The lowest BCUT2D eigenvalue weighted by molar-refractivity contribution is 0.165. The van der Waals surface area contributed by atoms with Crippen molar-refractivity contribution >= 4 is 17.7 Å². The van der Waals surface area contributed by atoms with E-state index in [2.05, 4.69) is 21.9 Å². The molecule has 124 valence electrons. The number of guanidine groups is 1. The van der Waals surface area contributed by atoms with Crippen molar-refractivity contribution in [2.24, 2.45) is 10.9 Å². The second-order valence-electron chi connectivity index (χ2n) is 5.52. The number of nitrogens with one attached hydrogen (secondary N) is 2. The van der Waals surface area contributed by atoms with Gasteiger partial charge in [-0.25, -0.2) is 0 Å². The molecule has 0 bridgehead atoms. The molecule has 1 heterocycles. The van der Waals surface area contributed by atoms with Crippen LogP contribution in [-0.4, -0.2) is 50.8 Å². The van der Waals surface area contributed by atoms with E-state index in [-0.39, 0.29) is 0 Å². The van der Waals surface area contributed by atoms with Crippen LogP contribution in [0.4, 0.5) is 0 Å². The Morgan fingerprint density at radius 1 is 1.55 bits per heavy atom. The van der Waals surface area contributed by atoms with Crippen molar-refractivity contribution < 1.29 is 9.15 Å². The third kappa shape index (κ3) is 6.32. The Morgan fingerprint density at radius 2 is 2.41 bits per heavy atom. The van der Waals surface area contributed by atoms with Crippen molar-refractivity contribution in [2.75, 3.05) is 38.8 Å². The van der Waals surface area contributed by atoms with Crippen LogP contribution in [0.5, 0.6) is 0 Å². The molecule has 0 saturated heterocycles. The van der Waals surface area contributed by atoms with Crippen molar-refractivity contribution in [3.05, 3.63) is 24.2 Å². The second kappa shape index (κ2) is 9.79. The van der Waals surface area contributed by atoms with E-state index in [4.69, 9.17) is 9.15 Å². The Kier molecular flexibility index (Phi) is 7.66. The lowest BCUT2D eigenvalue weighted by Gasteiger charge is -2.21. The molecule has 1 aliphatic rings. The van der Waals surface area contributed by atoms with E-state index in [1.165, 1.54) is 12.8 Å². The SMILES string of the molecule is COCC(NC(=NCCSC)NCCc1ccco1)C1CC1. The summed E-state index contributed by atoms with van der Waals surface area (Å²) >= 11 is 1.81. The Bertz CT molecular complexity index is 433. The Balaban J connectivity index is 1.82. The summed E-state index contributed by atoms with van der Waals surface area (Å²) in [7, 11) is 1.76. The molecule has 1 aromatic rings. The molecule has 1 unspecified atom stereocenters. The number of methoxy groups -OCH3 is 1. The smallest absolute Gasteiger partial charge is 0.191 e. The number of aliphatic imine (C=N–C) groups is 1. The average molecular weight is 325 g/mol. The minimum Gasteiger partial charge on any atom is -0.469 e. The lowest BCUT2D eigenvalue weighted by atomic mass is 10.2. The molecular formula is C16H27N3O2S. The summed E-state index contributed by atoms with van der Waals surface area (Å²) in [5.74, 6) is 3.63.